The molecule has 2 fully saturated rings. The van der Waals surface area contributed by atoms with E-state index < -0.39 is 0 Å². The van der Waals surface area contributed by atoms with Crippen LogP contribution >= 0.6 is 11.6 Å². The summed E-state index contributed by atoms with van der Waals surface area (Å²) in [4.78, 5) is 0. The Balaban J connectivity index is 1.63. The molecule has 0 heterocycles. The number of hydrogen-bond donors (Lipinski definition) is 1. The monoisotopic (exact) mass is 239 g/mol. The molecule has 0 bridgehead atoms. The molecule has 86 valence electrons. The average Bonchev–Trinajstić information content (AvgIpc) is 3.13. The molecule has 2 saturated carbocycles. The van der Waals surface area contributed by atoms with Crippen molar-refractivity contribution in [1.29, 1.82) is 0 Å². The van der Waals surface area contributed by atoms with Crippen LogP contribution in [0.5, 0.6) is 0 Å². The van der Waals surface area contributed by atoms with Crippen molar-refractivity contribution in [3.63, 3.8) is 0 Å². The first-order chi connectivity index (χ1) is 7.75. The highest BCUT2D eigenvalue weighted by atomic mass is 35.5. The zero-order valence-corrected chi connectivity index (χ0v) is 9.80. The van der Waals surface area contributed by atoms with Gasteiger partial charge in [0.05, 0.1) is 5.02 Å². The van der Waals surface area contributed by atoms with Crippen LogP contribution in [0, 0.1) is 11.7 Å². The largest absolute Gasteiger partial charge is 0.314 e. The lowest BCUT2D eigenvalue weighted by molar-refractivity contribution is 0.592. The Hall–Kier alpha value is -0.600. The quantitative estimate of drug-likeness (QED) is 0.850. The summed E-state index contributed by atoms with van der Waals surface area (Å²) in [6, 6.07) is 6.05. The van der Waals surface area contributed by atoms with Gasteiger partial charge >= 0.3 is 0 Å². The lowest BCUT2D eigenvalue weighted by Crippen LogP contribution is -2.19. The molecule has 2 aliphatic rings. The molecular formula is C13H15ClFN. The van der Waals surface area contributed by atoms with Crippen molar-refractivity contribution >= 4 is 11.6 Å². The van der Waals surface area contributed by atoms with Gasteiger partial charge in [-0.05, 0) is 49.3 Å². The van der Waals surface area contributed by atoms with Crippen LogP contribution in [0.4, 0.5) is 4.39 Å². The van der Waals surface area contributed by atoms with Crippen LogP contribution in [-0.2, 0) is 0 Å². The van der Waals surface area contributed by atoms with Crippen molar-refractivity contribution in [3.8, 4) is 0 Å². The van der Waals surface area contributed by atoms with Gasteiger partial charge in [-0.1, -0.05) is 23.7 Å². The van der Waals surface area contributed by atoms with Crippen LogP contribution in [0.15, 0.2) is 18.2 Å². The van der Waals surface area contributed by atoms with Crippen LogP contribution in [-0.4, -0.2) is 12.6 Å². The molecule has 0 aliphatic heterocycles. The fourth-order valence-electron chi connectivity index (χ4n) is 2.27. The Kier molecular flexibility index (Phi) is 2.64. The number of rotatable bonds is 4. The summed E-state index contributed by atoms with van der Waals surface area (Å²) < 4.78 is 13.7. The molecule has 1 N–H and O–H groups in total. The fraction of sp³-hybridized carbons (Fsp3) is 0.538. The van der Waals surface area contributed by atoms with Crippen LogP contribution in [0.25, 0.3) is 0 Å². The number of benzene rings is 1. The molecule has 1 aromatic carbocycles. The van der Waals surface area contributed by atoms with E-state index in [9.17, 15) is 4.39 Å². The van der Waals surface area contributed by atoms with Crippen molar-refractivity contribution in [3.05, 3.63) is 34.6 Å². The third-order valence-corrected chi connectivity index (χ3v) is 3.84. The summed E-state index contributed by atoms with van der Waals surface area (Å²) in [7, 11) is 0. The van der Waals surface area contributed by atoms with Crippen LogP contribution < -0.4 is 5.32 Å². The molecule has 2 atom stereocenters. The fourth-order valence-corrected chi connectivity index (χ4v) is 2.45. The molecule has 16 heavy (non-hydrogen) atoms. The maximum absolute atomic E-state index is 13.7. The summed E-state index contributed by atoms with van der Waals surface area (Å²) in [5.41, 5.74) is 0.801. The zero-order chi connectivity index (χ0) is 11.1. The van der Waals surface area contributed by atoms with E-state index in [0.717, 1.165) is 24.6 Å². The highest BCUT2D eigenvalue weighted by Gasteiger charge is 2.40. The van der Waals surface area contributed by atoms with Gasteiger partial charge in [-0.3, -0.25) is 0 Å². The molecule has 0 amide bonds. The first-order valence-electron chi connectivity index (χ1n) is 5.93. The normalized spacial score (nSPS) is 28.1. The van der Waals surface area contributed by atoms with E-state index in [1.165, 1.54) is 12.8 Å². The molecule has 2 unspecified atom stereocenters. The summed E-state index contributed by atoms with van der Waals surface area (Å²) in [5, 5.41) is 3.75. The van der Waals surface area contributed by atoms with Crippen molar-refractivity contribution in [2.45, 2.75) is 31.2 Å². The van der Waals surface area contributed by atoms with E-state index in [4.69, 9.17) is 11.6 Å². The molecule has 0 aromatic heterocycles. The highest BCUT2D eigenvalue weighted by Crippen LogP contribution is 2.48. The Morgan fingerprint density at radius 1 is 1.38 bits per heavy atom. The second-order valence-corrected chi connectivity index (χ2v) is 5.34. The van der Waals surface area contributed by atoms with Gasteiger partial charge < -0.3 is 5.32 Å². The number of hydrogen-bond acceptors (Lipinski definition) is 1. The van der Waals surface area contributed by atoms with Gasteiger partial charge in [0.25, 0.3) is 0 Å². The van der Waals surface area contributed by atoms with E-state index in [-0.39, 0.29) is 10.8 Å². The Labute approximate surface area is 100.0 Å². The lowest BCUT2D eigenvalue weighted by atomic mass is 10.1. The molecule has 1 nitrogen and oxygen atoms in total. The van der Waals surface area contributed by atoms with Gasteiger partial charge in [0.2, 0.25) is 0 Å². The highest BCUT2D eigenvalue weighted by molar-refractivity contribution is 6.30. The van der Waals surface area contributed by atoms with Crippen molar-refractivity contribution < 1.29 is 4.39 Å². The van der Waals surface area contributed by atoms with Gasteiger partial charge in [0.1, 0.15) is 5.82 Å². The van der Waals surface area contributed by atoms with Gasteiger partial charge in [-0.25, -0.2) is 4.39 Å². The van der Waals surface area contributed by atoms with E-state index in [1.54, 1.807) is 6.07 Å². The number of nitrogens with one attached hydrogen (secondary N) is 1. The summed E-state index contributed by atoms with van der Waals surface area (Å²) in [5.74, 6) is 0.765. The minimum atomic E-state index is -0.219. The van der Waals surface area contributed by atoms with E-state index in [2.05, 4.69) is 5.32 Å². The lowest BCUT2D eigenvalue weighted by Gasteiger charge is -2.04. The van der Waals surface area contributed by atoms with Gasteiger partial charge in [-0.15, -0.1) is 0 Å². The maximum Gasteiger partial charge on any atom is 0.145 e. The van der Waals surface area contributed by atoms with Crippen molar-refractivity contribution in [2.75, 3.05) is 6.54 Å². The van der Waals surface area contributed by atoms with E-state index >= 15 is 0 Å². The minimum Gasteiger partial charge on any atom is -0.314 e. The smallest absolute Gasteiger partial charge is 0.145 e. The minimum absolute atomic E-state index is 0.219. The summed E-state index contributed by atoms with van der Waals surface area (Å²) in [6.07, 6.45) is 3.71. The van der Waals surface area contributed by atoms with Gasteiger partial charge in [-0.2, -0.15) is 0 Å². The first kappa shape index (κ1) is 10.5. The average molecular weight is 240 g/mol. The predicted octanol–water partition coefficient (Wildman–Crippen LogP) is 3.33. The Bertz CT molecular complexity index is 403. The summed E-state index contributed by atoms with van der Waals surface area (Å²) >= 11 is 5.78. The van der Waals surface area contributed by atoms with Crippen LogP contribution in [0.2, 0.25) is 5.02 Å². The predicted molar refractivity (Wildman–Crippen MR) is 63.3 cm³/mol. The third-order valence-electron chi connectivity index (χ3n) is 3.55. The molecule has 1 aromatic rings. The van der Waals surface area contributed by atoms with Crippen molar-refractivity contribution in [2.24, 2.45) is 5.92 Å². The molecule has 2 aliphatic carbocycles. The van der Waals surface area contributed by atoms with E-state index in [0.29, 0.717) is 11.8 Å². The first-order valence-corrected chi connectivity index (χ1v) is 6.31. The van der Waals surface area contributed by atoms with Gasteiger partial charge in [0.15, 0.2) is 0 Å². The van der Waals surface area contributed by atoms with Crippen molar-refractivity contribution in [1.82, 2.24) is 5.32 Å². The van der Waals surface area contributed by atoms with Gasteiger partial charge in [0, 0.05) is 6.04 Å². The standard InChI is InChI=1S/C13H15ClFN/c14-12-3-1-2-10(13(12)15)11-6-8(11)7-16-9-4-5-9/h1-3,8-9,11,16H,4-7H2. The van der Waals surface area contributed by atoms with Crippen LogP contribution in [0.3, 0.4) is 0 Å². The van der Waals surface area contributed by atoms with E-state index in [1.807, 2.05) is 12.1 Å². The molecular weight excluding hydrogens is 225 g/mol. The molecule has 0 spiro atoms. The molecule has 0 saturated heterocycles. The number of halogens is 2. The Morgan fingerprint density at radius 2 is 2.19 bits per heavy atom. The SMILES string of the molecule is Fc1c(Cl)cccc1C1CC1CNC1CC1. The second-order valence-electron chi connectivity index (χ2n) is 4.93. The second kappa shape index (κ2) is 4.01. The maximum atomic E-state index is 13.7. The zero-order valence-electron chi connectivity index (χ0n) is 9.05. The topological polar surface area (TPSA) is 12.0 Å². The molecule has 0 radical (unpaired) electrons. The molecule has 3 heteroatoms. The third kappa shape index (κ3) is 2.09. The van der Waals surface area contributed by atoms with Crippen LogP contribution in [0.1, 0.15) is 30.7 Å². The Morgan fingerprint density at radius 3 is 2.94 bits per heavy atom. The summed E-state index contributed by atoms with van der Waals surface area (Å²) in [6.45, 7) is 1.03. The molecule has 3 rings (SSSR count).